The first-order valence-corrected chi connectivity index (χ1v) is 11.4. The molecule has 0 bridgehead atoms. The van der Waals surface area contributed by atoms with E-state index in [1.165, 1.54) is 22.3 Å². The minimum absolute atomic E-state index is 0.367. The van der Waals surface area contributed by atoms with Crippen LogP contribution in [0, 0.1) is 19.3 Å². The largest absolute Gasteiger partial charge is 0.481 e. The van der Waals surface area contributed by atoms with Crippen LogP contribution in [0.15, 0.2) is 12.1 Å². The molecule has 4 nitrogen and oxygen atoms in total. The normalized spacial score (nSPS) is 12.1. The number of carboxylic acids is 1. The number of ether oxygens (including phenoxy) is 1. The maximum Gasteiger partial charge on any atom is 0.309 e. The van der Waals surface area contributed by atoms with Crippen LogP contribution in [-0.2, 0) is 27.2 Å². The zero-order valence-corrected chi connectivity index (χ0v) is 20.0. The number of benzene rings is 1. The van der Waals surface area contributed by atoms with Crippen LogP contribution in [0.3, 0.4) is 0 Å². The highest BCUT2D eigenvalue weighted by molar-refractivity contribution is 5.73. The van der Waals surface area contributed by atoms with E-state index in [1.54, 1.807) is 0 Å². The predicted octanol–water partition coefficient (Wildman–Crippen LogP) is 6.57. The fraction of sp³-hybridized carbons (Fsp3) is 0.692. The molecule has 0 radical (unpaired) electrons. The van der Waals surface area contributed by atoms with Gasteiger partial charge in [0.25, 0.3) is 6.47 Å². The Labute approximate surface area is 183 Å². The maximum absolute atomic E-state index is 11.2. The number of aliphatic carboxylic acids is 1. The quantitative estimate of drug-likeness (QED) is 0.258. The Bertz CT molecular complexity index is 689. The minimum Gasteiger partial charge on any atom is -0.481 e. The van der Waals surface area contributed by atoms with Crippen LogP contribution in [0.25, 0.3) is 0 Å². The van der Waals surface area contributed by atoms with Crippen molar-refractivity contribution in [3.63, 3.8) is 0 Å². The molecule has 0 aliphatic heterocycles. The van der Waals surface area contributed by atoms with E-state index in [4.69, 9.17) is 4.74 Å². The summed E-state index contributed by atoms with van der Waals surface area (Å²) in [6.07, 6.45) is 10.2. The second-order valence-electron chi connectivity index (χ2n) is 9.99. The lowest BCUT2D eigenvalue weighted by Gasteiger charge is -2.22. The van der Waals surface area contributed by atoms with Gasteiger partial charge < -0.3 is 9.84 Å². The summed E-state index contributed by atoms with van der Waals surface area (Å²) in [5.41, 5.74) is 4.62. The van der Waals surface area contributed by atoms with Crippen LogP contribution in [-0.4, -0.2) is 23.1 Å². The molecule has 0 saturated carbocycles. The standard InChI is InChI=1S/C26H42O4/c1-20-17-22(13-9-7-11-15-25(3,4)24(28)29)21(2)23(18-20)14-10-8-12-16-26(5,6)30-19-27/h17-19H,7-16H2,1-6H3,(H,28,29). The number of unbranched alkanes of at least 4 members (excludes halogenated alkanes) is 4. The fourth-order valence-electron chi connectivity index (χ4n) is 3.93. The zero-order chi connectivity index (χ0) is 22.8. The Hall–Kier alpha value is -1.84. The number of carbonyl (C=O) groups excluding carboxylic acids is 1. The third-order valence-corrected chi connectivity index (χ3v) is 6.19. The van der Waals surface area contributed by atoms with Crippen molar-refractivity contribution in [2.45, 2.75) is 111 Å². The highest BCUT2D eigenvalue weighted by Gasteiger charge is 2.26. The Morgan fingerprint density at radius 3 is 1.87 bits per heavy atom. The summed E-state index contributed by atoms with van der Waals surface area (Å²) in [7, 11) is 0. The van der Waals surface area contributed by atoms with Crippen molar-refractivity contribution < 1.29 is 19.4 Å². The third-order valence-electron chi connectivity index (χ3n) is 6.19. The van der Waals surface area contributed by atoms with Gasteiger partial charge in [-0.15, -0.1) is 0 Å². The van der Waals surface area contributed by atoms with Crippen molar-refractivity contribution in [1.82, 2.24) is 0 Å². The zero-order valence-electron chi connectivity index (χ0n) is 20.0. The van der Waals surface area contributed by atoms with E-state index in [9.17, 15) is 14.7 Å². The molecule has 0 unspecified atom stereocenters. The van der Waals surface area contributed by atoms with Crippen molar-refractivity contribution in [2.24, 2.45) is 5.41 Å². The molecule has 0 spiro atoms. The first-order valence-electron chi connectivity index (χ1n) is 11.4. The van der Waals surface area contributed by atoms with E-state index in [0.717, 1.165) is 64.2 Å². The number of rotatable bonds is 15. The SMILES string of the molecule is Cc1cc(CCCCCC(C)(C)OC=O)c(C)c(CCCCCC(C)(C)C(=O)O)c1. The van der Waals surface area contributed by atoms with Crippen molar-refractivity contribution >= 4 is 12.4 Å². The molecule has 0 saturated heterocycles. The van der Waals surface area contributed by atoms with Crippen molar-refractivity contribution in [3.8, 4) is 0 Å². The number of aryl methyl sites for hydroxylation is 3. The molecular formula is C26H42O4. The lowest BCUT2D eigenvalue weighted by atomic mass is 9.86. The molecule has 1 aromatic rings. The number of carboxylic acid groups (broad SMARTS) is 1. The molecule has 0 heterocycles. The lowest BCUT2D eigenvalue weighted by Crippen LogP contribution is -2.23. The van der Waals surface area contributed by atoms with Gasteiger partial charge in [-0.05, 0) is 103 Å². The van der Waals surface area contributed by atoms with Gasteiger partial charge in [0.1, 0.15) is 5.60 Å². The van der Waals surface area contributed by atoms with Gasteiger partial charge >= 0.3 is 5.97 Å². The molecule has 0 aliphatic rings. The second-order valence-corrected chi connectivity index (χ2v) is 9.99. The summed E-state index contributed by atoms with van der Waals surface area (Å²) < 4.78 is 5.12. The van der Waals surface area contributed by atoms with E-state index < -0.39 is 11.4 Å². The van der Waals surface area contributed by atoms with Crippen LogP contribution in [0.5, 0.6) is 0 Å². The lowest BCUT2D eigenvalue weighted by molar-refractivity contribution is -0.147. The van der Waals surface area contributed by atoms with Gasteiger partial charge in [-0.3, -0.25) is 9.59 Å². The molecular weight excluding hydrogens is 376 g/mol. The van der Waals surface area contributed by atoms with Crippen molar-refractivity contribution in [1.29, 1.82) is 0 Å². The van der Waals surface area contributed by atoms with E-state index in [1.807, 2.05) is 27.7 Å². The summed E-state index contributed by atoms with van der Waals surface area (Å²) in [4.78, 5) is 21.7. The van der Waals surface area contributed by atoms with Crippen molar-refractivity contribution in [3.05, 3.63) is 34.4 Å². The van der Waals surface area contributed by atoms with Crippen LogP contribution < -0.4 is 0 Å². The summed E-state index contributed by atoms with van der Waals surface area (Å²) >= 11 is 0. The maximum atomic E-state index is 11.2. The van der Waals surface area contributed by atoms with Crippen LogP contribution >= 0.6 is 0 Å². The van der Waals surface area contributed by atoms with Crippen molar-refractivity contribution in [2.75, 3.05) is 0 Å². The predicted molar refractivity (Wildman–Crippen MR) is 123 cm³/mol. The number of carbonyl (C=O) groups is 2. The van der Waals surface area contributed by atoms with Crippen LogP contribution in [0.2, 0.25) is 0 Å². The van der Waals surface area contributed by atoms with Gasteiger partial charge in [0.2, 0.25) is 0 Å². The summed E-state index contributed by atoms with van der Waals surface area (Å²) in [6, 6.07) is 4.62. The van der Waals surface area contributed by atoms with Gasteiger partial charge in [0.05, 0.1) is 5.41 Å². The summed E-state index contributed by atoms with van der Waals surface area (Å²) in [5.74, 6) is -0.707. The summed E-state index contributed by atoms with van der Waals surface area (Å²) in [6.45, 7) is 12.5. The molecule has 1 N–H and O–H groups in total. The van der Waals surface area contributed by atoms with Gasteiger partial charge in [0.15, 0.2) is 0 Å². The average Bonchev–Trinajstić information content (AvgIpc) is 2.64. The smallest absolute Gasteiger partial charge is 0.309 e. The molecule has 0 atom stereocenters. The first-order chi connectivity index (χ1) is 14.0. The molecule has 0 fully saturated rings. The average molecular weight is 419 g/mol. The fourth-order valence-corrected chi connectivity index (χ4v) is 3.93. The van der Waals surface area contributed by atoms with Gasteiger partial charge in [-0.25, -0.2) is 0 Å². The van der Waals surface area contributed by atoms with E-state index in [0.29, 0.717) is 6.47 Å². The van der Waals surface area contributed by atoms with Gasteiger partial charge in [-0.1, -0.05) is 37.0 Å². The highest BCUT2D eigenvalue weighted by atomic mass is 16.5. The molecule has 4 heteroatoms. The monoisotopic (exact) mass is 418 g/mol. The molecule has 0 amide bonds. The Morgan fingerprint density at radius 1 is 0.900 bits per heavy atom. The summed E-state index contributed by atoms with van der Waals surface area (Å²) in [5, 5.41) is 9.22. The molecule has 0 aliphatic carbocycles. The molecule has 30 heavy (non-hydrogen) atoms. The molecule has 0 aromatic heterocycles. The third kappa shape index (κ3) is 9.32. The number of hydrogen-bond acceptors (Lipinski definition) is 3. The highest BCUT2D eigenvalue weighted by Crippen LogP contribution is 2.26. The van der Waals surface area contributed by atoms with Gasteiger partial charge in [0, 0.05) is 0 Å². The molecule has 170 valence electrons. The van der Waals surface area contributed by atoms with Gasteiger partial charge in [-0.2, -0.15) is 0 Å². The minimum atomic E-state index is -0.707. The topological polar surface area (TPSA) is 63.6 Å². The first kappa shape index (κ1) is 26.2. The molecule has 1 rings (SSSR count). The van der Waals surface area contributed by atoms with Crippen LogP contribution in [0.1, 0.15) is 101 Å². The van der Waals surface area contributed by atoms with E-state index >= 15 is 0 Å². The Balaban J connectivity index is 2.47. The molecule has 1 aromatic carbocycles. The van der Waals surface area contributed by atoms with E-state index in [2.05, 4.69) is 26.0 Å². The van der Waals surface area contributed by atoms with E-state index in [-0.39, 0.29) is 5.60 Å². The van der Waals surface area contributed by atoms with Crippen LogP contribution in [0.4, 0.5) is 0 Å². The second kappa shape index (κ2) is 12.1. The Morgan fingerprint density at radius 2 is 1.40 bits per heavy atom. The number of hydrogen-bond donors (Lipinski definition) is 1. The Kier molecular flexibility index (Phi) is 10.6.